The van der Waals surface area contributed by atoms with E-state index < -0.39 is 0 Å². The maximum absolute atomic E-state index is 11.6. The van der Waals surface area contributed by atoms with E-state index in [2.05, 4.69) is 0 Å². The van der Waals surface area contributed by atoms with Crippen LogP contribution in [0.3, 0.4) is 0 Å². The molecule has 0 radical (unpaired) electrons. The van der Waals surface area contributed by atoms with Crippen LogP contribution in [0.1, 0.15) is 29.5 Å². The zero-order valence-electron chi connectivity index (χ0n) is 11.0. The predicted octanol–water partition coefficient (Wildman–Crippen LogP) is 2.94. The monoisotopic (exact) mass is 236 g/mol. The molecule has 0 aromatic heterocycles. The summed E-state index contributed by atoms with van der Waals surface area (Å²) in [6.45, 7) is 6.52. The molecule has 0 saturated carbocycles. The number of methoxy groups -OCH3 is 1. The second kappa shape index (κ2) is 6.40. The van der Waals surface area contributed by atoms with E-state index in [4.69, 9.17) is 9.47 Å². The Morgan fingerprint density at radius 1 is 1.18 bits per heavy atom. The molecular formula is C14H20O3. The van der Waals surface area contributed by atoms with Crippen LogP contribution in [0.5, 0.6) is 5.75 Å². The van der Waals surface area contributed by atoms with E-state index in [1.165, 1.54) is 0 Å². The molecule has 0 aliphatic rings. The molecule has 3 nitrogen and oxygen atoms in total. The fourth-order valence-corrected chi connectivity index (χ4v) is 1.61. The third kappa shape index (κ3) is 3.86. The Labute approximate surface area is 103 Å². The standard InChI is InChI=1S/C14H20O3/c1-10-7-8-11(2)14(12(10)3)17-13(15)6-5-9-16-4/h7-8H,5-6,9H2,1-4H3. The van der Waals surface area contributed by atoms with Crippen molar-refractivity contribution in [2.75, 3.05) is 13.7 Å². The molecule has 94 valence electrons. The van der Waals surface area contributed by atoms with Crippen molar-refractivity contribution in [1.82, 2.24) is 0 Å². The van der Waals surface area contributed by atoms with Gasteiger partial charge in [0.15, 0.2) is 0 Å². The number of benzene rings is 1. The van der Waals surface area contributed by atoms with Gasteiger partial charge in [-0.05, 0) is 43.9 Å². The lowest BCUT2D eigenvalue weighted by atomic mass is 10.1. The van der Waals surface area contributed by atoms with Crippen LogP contribution in [0.25, 0.3) is 0 Å². The van der Waals surface area contributed by atoms with Gasteiger partial charge in [-0.1, -0.05) is 12.1 Å². The van der Waals surface area contributed by atoms with Crippen molar-refractivity contribution in [3.8, 4) is 5.75 Å². The lowest BCUT2D eigenvalue weighted by Gasteiger charge is -2.12. The Morgan fingerprint density at radius 2 is 1.82 bits per heavy atom. The van der Waals surface area contributed by atoms with Gasteiger partial charge in [0.25, 0.3) is 0 Å². The first-order valence-electron chi connectivity index (χ1n) is 5.82. The van der Waals surface area contributed by atoms with Crippen LogP contribution in [0, 0.1) is 20.8 Å². The second-order valence-corrected chi connectivity index (χ2v) is 4.22. The highest BCUT2D eigenvalue weighted by Crippen LogP contribution is 2.26. The minimum absolute atomic E-state index is 0.196. The van der Waals surface area contributed by atoms with Crippen molar-refractivity contribution in [3.05, 3.63) is 28.8 Å². The van der Waals surface area contributed by atoms with E-state index in [0.717, 1.165) is 16.7 Å². The van der Waals surface area contributed by atoms with E-state index in [-0.39, 0.29) is 5.97 Å². The zero-order chi connectivity index (χ0) is 12.8. The summed E-state index contributed by atoms with van der Waals surface area (Å²) >= 11 is 0. The molecule has 17 heavy (non-hydrogen) atoms. The topological polar surface area (TPSA) is 35.5 Å². The molecule has 0 aliphatic carbocycles. The van der Waals surface area contributed by atoms with Crippen LogP contribution in [0.2, 0.25) is 0 Å². The normalized spacial score (nSPS) is 10.4. The lowest BCUT2D eigenvalue weighted by molar-refractivity contribution is -0.134. The van der Waals surface area contributed by atoms with Gasteiger partial charge in [-0.2, -0.15) is 0 Å². The summed E-state index contributed by atoms with van der Waals surface area (Å²) in [4.78, 5) is 11.6. The molecule has 1 aromatic rings. The van der Waals surface area contributed by atoms with Gasteiger partial charge in [0.05, 0.1) is 0 Å². The Morgan fingerprint density at radius 3 is 2.47 bits per heavy atom. The maximum atomic E-state index is 11.6. The molecule has 0 aliphatic heterocycles. The zero-order valence-corrected chi connectivity index (χ0v) is 11.0. The highest BCUT2D eigenvalue weighted by Gasteiger charge is 2.11. The second-order valence-electron chi connectivity index (χ2n) is 4.22. The number of rotatable bonds is 5. The Balaban J connectivity index is 2.68. The molecule has 0 saturated heterocycles. The molecule has 0 bridgehead atoms. The van der Waals surface area contributed by atoms with Gasteiger partial charge in [0.1, 0.15) is 5.75 Å². The first-order valence-corrected chi connectivity index (χ1v) is 5.82. The van der Waals surface area contributed by atoms with Crippen LogP contribution in [0.4, 0.5) is 0 Å². The average Bonchev–Trinajstić information content (AvgIpc) is 2.30. The van der Waals surface area contributed by atoms with Crippen molar-refractivity contribution in [2.45, 2.75) is 33.6 Å². The molecule has 0 unspecified atom stereocenters. The van der Waals surface area contributed by atoms with Crippen molar-refractivity contribution < 1.29 is 14.3 Å². The Kier molecular flexibility index (Phi) is 5.16. The summed E-state index contributed by atoms with van der Waals surface area (Å²) in [7, 11) is 1.63. The van der Waals surface area contributed by atoms with Crippen LogP contribution in [-0.2, 0) is 9.53 Å². The first kappa shape index (κ1) is 13.7. The van der Waals surface area contributed by atoms with Crippen LogP contribution >= 0.6 is 0 Å². The van der Waals surface area contributed by atoms with Crippen LogP contribution in [0.15, 0.2) is 12.1 Å². The van der Waals surface area contributed by atoms with E-state index in [1.807, 2.05) is 32.9 Å². The fourth-order valence-electron chi connectivity index (χ4n) is 1.61. The first-order chi connectivity index (χ1) is 8.06. The SMILES string of the molecule is COCCCC(=O)Oc1c(C)ccc(C)c1C. The molecule has 0 fully saturated rings. The van der Waals surface area contributed by atoms with E-state index in [1.54, 1.807) is 7.11 Å². The minimum Gasteiger partial charge on any atom is -0.426 e. The molecule has 0 amide bonds. The summed E-state index contributed by atoms with van der Waals surface area (Å²) in [6.07, 6.45) is 1.08. The number of esters is 1. The lowest BCUT2D eigenvalue weighted by Crippen LogP contribution is -2.11. The number of hydrogen-bond donors (Lipinski definition) is 0. The molecule has 0 atom stereocenters. The number of carbonyl (C=O) groups excluding carboxylic acids is 1. The molecule has 1 rings (SSSR count). The van der Waals surface area contributed by atoms with Gasteiger partial charge in [0.2, 0.25) is 0 Å². The molecule has 0 N–H and O–H groups in total. The highest BCUT2D eigenvalue weighted by molar-refractivity contribution is 5.73. The van der Waals surface area contributed by atoms with Gasteiger partial charge >= 0.3 is 5.97 Å². The Hall–Kier alpha value is -1.35. The van der Waals surface area contributed by atoms with Gasteiger partial charge in [-0.3, -0.25) is 4.79 Å². The van der Waals surface area contributed by atoms with E-state index >= 15 is 0 Å². The third-order valence-corrected chi connectivity index (χ3v) is 2.82. The van der Waals surface area contributed by atoms with Crippen molar-refractivity contribution >= 4 is 5.97 Å². The molecule has 3 heteroatoms. The van der Waals surface area contributed by atoms with Crippen molar-refractivity contribution in [1.29, 1.82) is 0 Å². The smallest absolute Gasteiger partial charge is 0.311 e. The van der Waals surface area contributed by atoms with Gasteiger partial charge in [-0.15, -0.1) is 0 Å². The summed E-state index contributed by atoms with van der Waals surface area (Å²) in [6, 6.07) is 4.01. The largest absolute Gasteiger partial charge is 0.426 e. The quantitative estimate of drug-likeness (QED) is 0.448. The number of aryl methyl sites for hydroxylation is 2. The van der Waals surface area contributed by atoms with Gasteiger partial charge in [0, 0.05) is 20.1 Å². The third-order valence-electron chi connectivity index (χ3n) is 2.82. The summed E-state index contributed by atoms with van der Waals surface area (Å²) in [5.41, 5.74) is 3.16. The van der Waals surface area contributed by atoms with Crippen LogP contribution in [-0.4, -0.2) is 19.7 Å². The highest BCUT2D eigenvalue weighted by atomic mass is 16.5. The van der Waals surface area contributed by atoms with E-state index in [9.17, 15) is 4.79 Å². The van der Waals surface area contributed by atoms with Gasteiger partial charge in [-0.25, -0.2) is 0 Å². The maximum Gasteiger partial charge on any atom is 0.311 e. The van der Waals surface area contributed by atoms with E-state index in [0.29, 0.717) is 25.2 Å². The minimum atomic E-state index is -0.196. The van der Waals surface area contributed by atoms with Crippen molar-refractivity contribution in [2.24, 2.45) is 0 Å². The molecule has 1 aromatic carbocycles. The van der Waals surface area contributed by atoms with Gasteiger partial charge < -0.3 is 9.47 Å². The summed E-state index contributed by atoms with van der Waals surface area (Å²) in [5.74, 6) is 0.506. The number of carbonyl (C=O) groups is 1. The van der Waals surface area contributed by atoms with Crippen molar-refractivity contribution in [3.63, 3.8) is 0 Å². The fraction of sp³-hybridized carbons (Fsp3) is 0.500. The average molecular weight is 236 g/mol. The molecular weight excluding hydrogens is 216 g/mol. The molecule has 0 heterocycles. The number of ether oxygens (including phenoxy) is 2. The predicted molar refractivity (Wildman–Crippen MR) is 67.4 cm³/mol. The summed E-state index contributed by atoms with van der Waals surface area (Å²) < 4.78 is 10.3. The molecule has 0 spiro atoms. The number of hydrogen-bond acceptors (Lipinski definition) is 3. The van der Waals surface area contributed by atoms with Crippen LogP contribution < -0.4 is 4.74 Å². The Bertz CT molecular complexity index is 397. The summed E-state index contributed by atoms with van der Waals surface area (Å²) in [5, 5.41) is 0.